The minimum Gasteiger partial charge on any atom is -0.397 e. The van der Waals surface area contributed by atoms with E-state index in [2.05, 4.69) is 15.9 Å². The molecule has 1 aliphatic rings. The average molecular weight is 313 g/mol. The Kier molecular flexibility index (Phi) is 3.92. The van der Waals surface area contributed by atoms with Gasteiger partial charge < -0.3 is 15.4 Å². The molecule has 4 nitrogen and oxygen atoms in total. The van der Waals surface area contributed by atoms with Crippen LogP contribution in [0.2, 0.25) is 0 Å². The van der Waals surface area contributed by atoms with Crippen LogP contribution in [0.3, 0.4) is 0 Å². The molecule has 2 N–H and O–H groups in total. The van der Waals surface area contributed by atoms with Gasteiger partial charge in [0.2, 0.25) is 0 Å². The zero-order valence-electron chi connectivity index (χ0n) is 10.5. The maximum atomic E-state index is 12.3. The van der Waals surface area contributed by atoms with E-state index in [9.17, 15) is 4.79 Å². The molecule has 0 spiro atoms. The normalized spacial score (nSPS) is 23.1. The third-order valence-electron chi connectivity index (χ3n) is 3.31. The van der Waals surface area contributed by atoms with Crippen molar-refractivity contribution in [2.24, 2.45) is 5.92 Å². The molecule has 0 bridgehead atoms. The van der Waals surface area contributed by atoms with Gasteiger partial charge in [0.05, 0.1) is 11.4 Å². The molecule has 0 radical (unpaired) electrons. The summed E-state index contributed by atoms with van der Waals surface area (Å²) in [5, 5.41) is 0. The zero-order chi connectivity index (χ0) is 13.3. The van der Waals surface area contributed by atoms with Crippen LogP contribution in [0, 0.1) is 5.92 Å². The van der Waals surface area contributed by atoms with Crippen molar-refractivity contribution in [1.82, 2.24) is 0 Å². The minimum absolute atomic E-state index is 0.0333. The molecule has 18 heavy (non-hydrogen) atoms. The molecule has 5 heteroatoms. The van der Waals surface area contributed by atoms with Crippen molar-refractivity contribution in [3.05, 3.63) is 22.7 Å². The highest BCUT2D eigenvalue weighted by Gasteiger charge is 2.33. The standard InChI is InChI=1S/C13H17BrN2O2/c1-8-5-6-18-12(8)13(17)16(2)11-4-3-9(14)7-10(11)15/h3-4,7-8,12H,5-6,15H2,1-2H3. The van der Waals surface area contributed by atoms with E-state index < -0.39 is 0 Å². The Balaban J connectivity index is 2.20. The number of ether oxygens (including phenoxy) is 1. The highest BCUT2D eigenvalue weighted by molar-refractivity contribution is 9.10. The maximum absolute atomic E-state index is 12.3. The molecule has 0 aliphatic carbocycles. The van der Waals surface area contributed by atoms with Crippen LogP contribution in [0.5, 0.6) is 0 Å². The predicted molar refractivity (Wildman–Crippen MR) is 75.5 cm³/mol. The van der Waals surface area contributed by atoms with Crippen LogP contribution in [-0.4, -0.2) is 25.7 Å². The Labute approximate surface area is 115 Å². The van der Waals surface area contributed by atoms with E-state index in [-0.39, 0.29) is 17.9 Å². The third-order valence-corrected chi connectivity index (χ3v) is 3.81. The number of rotatable bonds is 2. The fraction of sp³-hybridized carbons (Fsp3) is 0.462. The van der Waals surface area contributed by atoms with Gasteiger partial charge in [-0.1, -0.05) is 22.9 Å². The lowest BCUT2D eigenvalue weighted by Gasteiger charge is -2.24. The van der Waals surface area contributed by atoms with Gasteiger partial charge >= 0.3 is 0 Å². The van der Waals surface area contributed by atoms with Gasteiger partial charge in [0, 0.05) is 18.1 Å². The lowest BCUT2D eigenvalue weighted by molar-refractivity contribution is -0.128. The number of amides is 1. The lowest BCUT2D eigenvalue weighted by atomic mass is 10.0. The van der Waals surface area contributed by atoms with Crippen molar-refractivity contribution >= 4 is 33.2 Å². The first kappa shape index (κ1) is 13.4. The second-order valence-electron chi connectivity index (χ2n) is 4.66. The summed E-state index contributed by atoms with van der Waals surface area (Å²) in [5.41, 5.74) is 7.22. The number of hydrogen-bond acceptors (Lipinski definition) is 3. The second-order valence-corrected chi connectivity index (χ2v) is 5.57. The number of carbonyl (C=O) groups is 1. The second kappa shape index (κ2) is 5.28. The van der Waals surface area contributed by atoms with Gasteiger partial charge in [-0.3, -0.25) is 4.79 Å². The fourth-order valence-corrected chi connectivity index (χ4v) is 2.53. The number of nitrogens with zero attached hydrogens (tertiary/aromatic N) is 1. The summed E-state index contributed by atoms with van der Waals surface area (Å²) >= 11 is 3.35. The van der Waals surface area contributed by atoms with Crippen LogP contribution in [0.15, 0.2) is 22.7 Å². The molecule has 2 atom stereocenters. The fourth-order valence-electron chi connectivity index (χ4n) is 2.15. The zero-order valence-corrected chi connectivity index (χ0v) is 12.1. The van der Waals surface area contributed by atoms with E-state index >= 15 is 0 Å². The van der Waals surface area contributed by atoms with Crippen molar-refractivity contribution < 1.29 is 9.53 Å². The van der Waals surface area contributed by atoms with Gasteiger partial charge in [0.25, 0.3) is 5.91 Å². The largest absolute Gasteiger partial charge is 0.397 e. The molecular formula is C13H17BrN2O2. The summed E-state index contributed by atoms with van der Waals surface area (Å²) in [6, 6.07) is 5.49. The van der Waals surface area contributed by atoms with Crippen LogP contribution < -0.4 is 10.6 Å². The molecule has 1 saturated heterocycles. The summed E-state index contributed by atoms with van der Waals surface area (Å²) in [6.45, 7) is 2.69. The van der Waals surface area contributed by atoms with Gasteiger partial charge in [0.15, 0.2) is 0 Å². The number of anilines is 2. The van der Waals surface area contributed by atoms with Crippen LogP contribution >= 0.6 is 15.9 Å². The Hall–Kier alpha value is -1.07. The van der Waals surface area contributed by atoms with E-state index in [0.29, 0.717) is 18.0 Å². The van der Waals surface area contributed by atoms with E-state index in [1.807, 2.05) is 19.1 Å². The molecule has 2 rings (SSSR count). The highest BCUT2D eigenvalue weighted by atomic mass is 79.9. The van der Waals surface area contributed by atoms with Gasteiger partial charge in [-0.2, -0.15) is 0 Å². The summed E-state index contributed by atoms with van der Waals surface area (Å²) in [4.78, 5) is 13.9. The Morgan fingerprint density at radius 2 is 2.28 bits per heavy atom. The minimum atomic E-state index is -0.349. The molecule has 1 amide bonds. The highest BCUT2D eigenvalue weighted by Crippen LogP contribution is 2.29. The topological polar surface area (TPSA) is 55.6 Å². The first-order valence-corrected chi connectivity index (χ1v) is 6.74. The molecular weight excluding hydrogens is 296 g/mol. The van der Waals surface area contributed by atoms with Crippen LogP contribution in [0.1, 0.15) is 13.3 Å². The summed E-state index contributed by atoms with van der Waals surface area (Å²) in [6.07, 6.45) is 0.582. The van der Waals surface area contributed by atoms with Gasteiger partial charge in [-0.25, -0.2) is 0 Å². The number of carbonyl (C=O) groups excluding carboxylic acids is 1. The molecule has 1 fully saturated rings. The SMILES string of the molecule is CC1CCOC1C(=O)N(C)c1ccc(Br)cc1N. The molecule has 0 aromatic heterocycles. The first-order valence-electron chi connectivity index (χ1n) is 5.95. The van der Waals surface area contributed by atoms with Crippen LogP contribution in [-0.2, 0) is 9.53 Å². The molecule has 1 aromatic rings. The van der Waals surface area contributed by atoms with Gasteiger partial charge in [-0.05, 0) is 30.5 Å². The maximum Gasteiger partial charge on any atom is 0.256 e. The Morgan fingerprint density at radius 1 is 1.56 bits per heavy atom. The smallest absolute Gasteiger partial charge is 0.256 e. The Morgan fingerprint density at radius 3 is 2.83 bits per heavy atom. The summed E-state index contributed by atoms with van der Waals surface area (Å²) in [7, 11) is 1.73. The van der Waals surface area contributed by atoms with E-state index in [1.54, 1.807) is 18.0 Å². The number of hydrogen-bond donors (Lipinski definition) is 1. The quantitative estimate of drug-likeness (QED) is 0.853. The summed E-state index contributed by atoms with van der Waals surface area (Å²) < 4.78 is 6.39. The van der Waals surface area contributed by atoms with E-state index in [1.165, 1.54) is 0 Å². The van der Waals surface area contributed by atoms with Crippen molar-refractivity contribution in [1.29, 1.82) is 0 Å². The Bertz CT molecular complexity index is 464. The molecule has 1 aromatic carbocycles. The molecule has 1 aliphatic heterocycles. The molecule has 0 saturated carbocycles. The number of nitrogen functional groups attached to an aromatic ring is 1. The number of likely N-dealkylation sites (N-methyl/N-ethyl adjacent to an activating group) is 1. The van der Waals surface area contributed by atoms with Crippen LogP contribution in [0.25, 0.3) is 0 Å². The van der Waals surface area contributed by atoms with E-state index in [4.69, 9.17) is 10.5 Å². The van der Waals surface area contributed by atoms with Crippen LogP contribution in [0.4, 0.5) is 11.4 Å². The number of nitrogens with two attached hydrogens (primary N) is 1. The molecule has 1 heterocycles. The monoisotopic (exact) mass is 312 g/mol. The third kappa shape index (κ3) is 2.52. The number of halogens is 1. The molecule has 98 valence electrons. The average Bonchev–Trinajstić information content (AvgIpc) is 2.74. The van der Waals surface area contributed by atoms with Crippen molar-refractivity contribution in [2.45, 2.75) is 19.4 Å². The van der Waals surface area contributed by atoms with Gasteiger partial charge in [0.1, 0.15) is 6.10 Å². The van der Waals surface area contributed by atoms with Crippen molar-refractivity contribution in [3.8, 4) is 0 Å². The lowest BCUT2D eigenvalue weighted by Crippen LogP contribution is -2.39. The predicted octanol–water partition coefficient (Wildman–Crippen LogP) is 2.42. The van der Waals surface area contributed by atoms with Crippen molar-refractivity contribution in [2.75, 3.05) is 24.3 Å². The first-order chi connectivity index (χ1) is 8.50. The van der Waals surface area contributed by atoms with Crippen molar-refractivity contribution in [3.63, 3.8) is 0 Å². The molecule has 2 unspecified atom stereocenters. The van der Waals surface area contributed by atoms with E-state index in [0.717, 1.165) is 10.9 Å². The number of benzene rings is 1. The summed E-state index contributed by atoms with van der Waals surface area (Å²) in [5.74, 6) is 0.227. The van der Waals surface area contributed by atoms with Gasteiger partial charge in [-0.15, -0.1) is 0 Å².